The fourth-order valence-electron chi connectivity index (χ4n) is 10.4. The fourth-order valence-corrected chi connectivity index (χ4v) is 11.6. The van der Waals surface area contributed by atoms with E-state index in [9.17, 15) is 59.1 Å². The molecule has 2 aromatic rings. The zero-order valence-corrected chi connectivity index (χ0v) is 40.2. The number of unbranched alkanes of at least 4 members (excludes halogenated alkanes) is 2. The molecule has 4 saturated heterocycles. The molecule has 2 aliphatic carbocycles. The molecule has 4 amide bonds. The first-order valence-corrected chi connectivity index (χ1v) is 24.3. The van der Waals surface area contributed by atoms with Gasteiger partial charge in [-0.05, 0) is 25.8 Å². The molecule has 4 fully saturated rings. The SMILES string of the molecule is COc1cccc2c1C(=O)c1c(O)c3c(c(O)c1C2=O)C[C@@](O)(C(CO)=NNC(=O)CCCCCN1C(=O)CC(SC[C@H](NC(C)=O)C(=O)O)C1=O)C[C@@H]3O[C@H]1C[C@H]2[C@H](O[C@@H]3[C@@H](OC)OCCN32)[C@H](C)O1. The second-order valence-electron chi connectivity index (χ2n) is 18.3. The van der Waals surface area contributed by atoms with Gasteiger partial charge in [0, 0.05) is 87.7 Å². The van der Waals surface area contributed by atoms with E-state index >= 15 is 0 Å². The normalized spacial score (nSPS) is 28.6. The summed E-state index contributed by atoms with van der Waals surface area (Å²) >= 11 is 0.975. The number of phenolic OH excluding ortho intramolecular Hbond substituents is 2. The lowest BCUT2D eigenvalue weighted by Gasteiger charge is -2.44. The van der Waals surface area contributed by atoms with Crippen LogP contribution in [0.15, 0.2) is 23.3 Å². The lowest BCUT2D eigenvalue weighted by Crippen LogP contribution is -2.55. The van der Waals surface area contributed by atoms with Gasteiger partial charge in [0.2, 0.25) is 29.4 Å². The number of ketones is 2. The number of aliphatic hydroxyl groups is 2. The van der Waals surface area contributed by atoms with Gasteiger partial charge in [0.15, 0.2) is 24.6 Å². The summed E-state index contributed by atoms with van der Waals surface area (Å²) in [5.74, 6) is -6.31. The lowest BCUT2D eigenvalue weighted by molar-refractivity contribution is -0.255. The zero-order valence-electron chi connectivity index (χ0n) is 39.4. The van der Waals surface area contributed by atoms with Gasteiger partial charge in [-0.3, -0.25) is 38.6 Å². The van der Waals surface area contributed by atoms with Crippen molar-refractivity contribution in [3.63, 3.8) is 0 Å². The van der Waals surface area contributed by atoms with Crippen molar-refractivity contribution in [2.24, 2.45) is 5.10 Å². The van der Waals surface area contributed by atoms with Gasteiger partial charge in [-0.2, -0.15) is 5.10 Å². The maximum absolute atomic E-state index is 14.3. The number of nitrogens with one attached hydrogen (secondary N) is 2. The third-order valence-electron chi connectivity index (χ3n) is 13.8. The number of aliphatic carboxylic acids is 1. The molecule has 0 radical (unpaired) electrons. The number of aromatic hydroxyl groups is 2. The number of rotatable bonds is 18. The number of aliphatic hydroxyl groups excluding tert-OH is 1. The van der Waals surface area contributed by atoms with Gasteiger partial charge in [-0.25, -0.2) is 10.2 Å². The molecule has 10 atom stereocenters. The molecule has 384 valence electrons. The number of benzene rings is 2. The van der Waals surface area contributed by atoms with Crippen molar-refractivity contribution in [2.75, 3.05) is 46.3 Å². The largest absolute Gasteiger partial charge is 0.507 e. The van der Waals surface area contributed by atoms with Gasteiger partial charge < -0.3 is 59.3 Å². The van der Waals surface area contributed by atoms with E-state index in [4.69, 9.17) is 28.4 Å². The number of carbonyl (C=O) groups excluding carboxylic acids is 6. The Hall–Kier alpha value is -5.57. The number of methoxy groups -OCH3 is 2. The predicted molar refractivity (Wildman–Crippen MR) is 246 cm³/mol. The van der Waals surface area contributed by atoms with Crippen molar-refractivity contribution in [3.8, 4) is 17.2 Å². The molecule has 23 nitrogen and oxygen atoms in total. The lowest BCUT2D eigenvalue weighted by atomic mass is 9.71. The molecule has 7 N–H and O–H groups in total. The van der Waals surface area contributed by atoms with E-state index in [1.165, 1.54) is 39.3 Å². The summed E-state index contributed by atoms with van der Waals surface area (Å²) in [5.41, 5.74) is -1.65. The topological polar surface area (TPSA) is 319 Å². The van der Waals surface area contributed by atoms with E-state index in [0.29, 0.717) is 32.4 Å². The third-order valence-corrected chi connectivity index (χ3v) is 15.1. The van der Waals surface area contributed by atoms with Crippen molar-refractivity contribution < 1.29 is 87.5 Å². The van der Waals surface area contributed by atoms with Crippen LogP contribution < -0.4 is 15.5 Å². The molecular weight excluding hydrogens is 955 g/mol. The van der Waals surface area contributed by atoms with Crippen molar-refractivity contribution >= 4 is 58.6 Å². The Bertz CT molecular complexity index is 2520. The van der Waals surface area contributed by atoms with Crippen LogP contribution in [0.25, 0.3) is 0 Å². The van der Waals surface area contributed by atoms with Crippen LogP contribution in [-0.2, 0) is 54.1 Å². The summed E-state index contributed by atoms with van der Waals surface area (Å²) in [7, 11) is 2.84. The summed E-state index contributed by atoms with van der Waals surface area (Å²) < 4.78 is 36.0. The monoisotopic (exact) mass is 1010 g/mol. The summed E-state index contributed by atoms with van der Waals surface area (Å²) in [5, 5.41) is 62.4. The second-order valence-corrected chi connectivity index (χ2v) is 19.5. The van der Waals surface area contributed by atoms with E-state index < -0.39 is 137 Å². The van der Waals surface area contributed by atoms with Gasteiger partial charge in [0.25, 0.3) is 0 Å². The molecule has 4 heterocycles. The van der Waals surface area contributed by atoms with Crippen LogP contribution in [0, 0.1) is 0 Å². The number of ether oxygens (including phenoxy) is 6. The highest BCUT2D eigenvalue weighted by Gasteiger charge is 2.55. The summed E-state index contributed by atoms with van der Waals surface area (Å²) in [6, 6.07) is 2.90. The number of carboxylic acid groups (broad SMARTS) is 1. The smallest absolute Gasteiger partial charge is 0.327 e. The number of likely N-dealkylation sites (tertiary alicyclic amines) is 1. The number of phenols is 2. The summed E-state index contributed by atoms with van der Waals surface area (Å²) in [6.45, 7) is 3.04. The third kappa shape index (κ3) is 10.0. The molecular formula is C47H57N5O18S. The Morgan fingerprint density at radius 1 is 1.03 bits per heavy atom. The van der Waals surface area contributed by atoms with Crippen molar-refractivity contribution in [3.05, 3.63) is 51.6 Å². The average Bonchev–Trinajstić information content (AvgIpc) is 3.85. The van der Waals surface area contributed by atoms with Gasteiger partial charge in [0.1, 0.15) is 35.0 Å². The van der Waals surface area contributed by atoms with Gasteiger partial charge in [0.05, 0.1) is 60.2 Å². The number of thioether (sulfide) groups is 1. The highest BCUT2D eigenvalue weighted by atomic mass is 32.2. The predicted octanol–water partition coefficient (Wildman–Crippen LogP) is 0.625. The summed E-state index contributed by atoms with van der Waals surface area (Å²) in [6.07, 6.45) is -4.49. The number of carboxylic acids is 1. The molecule has 6 aliphatic rings. The van der Waals surface area contributed by atoms with Gasteiger partial charge >= 0.3 is 5.97 Å². The van der Waals surface area contributed by atoms with E-state index in [2.05, 4.69) is 20.7 Å². The van der Waals surface area contributed by atoms with Gasteiger partial charge in [-0.15, -0.1) is 11.8 Å². The van der Waals surface area contributed by atoms with Crippen LogP contribution in [-0.4, -0.2) is 182 Å². The first-order valence-electron chi connectivity index (χ1n) is 23.3. The zero-order chi connectivity index (χ0) is 51.1. The van der Waals surface area contributed by atoms with Crippen LogP contribution in [0.5, 0.6) is 17.2 Å². The fraction of sp³-hybridized carbons (Fsp3) is 0.574. The molecule has 2 aromatic carbocycles. The summed E-state index contributed by atoms with van der Waals surface area (Å²) in [4.78, 5) is 93.2. The number of nitrogens with zero attached hydrogens (tertiary/aromatic N) is 3. The first-order chi connectivity index (χ1) is 33.9. The van der Waals surface area contributed by atoms with Crippen LogP contribution in [0.1, 0.15) is 108 Å². The molecule has 0 spiro atoms. The number of hydrogen-bond donors (Lipinski definition) is 7. The number of fused-ring (bicyclic) bond motifs is 6. The maximum Gasteiger partial charge on any atom is 0.327 e. The molecule has 4 aliphatic heterocycles. The van der Waals surface area contributed by atoms with Crippen molar-refractivity contribution in [1.29, 1.82) is 0 Å². The minimum absolute atomic E-state index is 0.0713. The van der Waals surface area contributed by atoms with E-state index in [-0.39, 0.29) is 71.3 Å². The first kappa shape index (κ1) is 51.8. The highest BCUT2D eigenvalue weighted by Crippen LogP contribution is 2.53. The molecule has 1 unspecified atom stereocenters. The number of hydrogen-bond acceptors (Lipinski definition) is 20. The number of amides is 4. The van der Waals surface area contributed by atoms with Crippen molar-refractivity contribution in [1.82, 2.24) is 20.5 Å². The molecule has 0 saturated carbocycles. The number of imide groups is 1. The standard InChI is InChI=1S/C47H57N5O18S/c1-21-42-26(51-13-14-67-46(66-4)44(51)70-42)15-33(68-21)69-28-18-47(64,17-24-35(28)41(60)37-36(39(24)58)38(57)23-9-8-10-27(65-3)34(23)40(37)59)30(19-53)49-50-31(55)11-6-5-7-12-52-32(56)16-29(43(52)61)71-20-25(45(62)63)48-22(2)54/h8-10,21,25-26,28-29,33,42,44,46,53,58,60,64H,5-7,11-20H2,1-4H3,(H,48,54)(H,50,55)(H,62,63)/t21-,25-,26-,28-,29?,33-,42+,44+,46-,47-/m0/s1. The molecule has 0 bridgehead atoms. The number of carbonyl (C=O) groups is 7. The van der Waals surface area contributed by atoms with E-state index in [1.54, 1.807) is 6.92 Å². The van der Waals surface area contributed by atoms with Crippen LogP contribution in [0.2, 0.25) is 0 Å². The Kier molecular flexibility index (Phi) is 15.5. The molecule has 71 heavy (non-hydrogen) atoms. The van der Waals surface area contributed by atoms with E-state index in [1.807, 2.05) is 0 Å². The molecule has 0 aromatic heterocycles. The Morgan fingerprint density at radius 3 is 2.49 bits per heavy atom. The Morgan fingerprint density at radius 2 is 1.79 bits per heavy atom. The maximum atomic E-state index is 14.3. The van der Waals surface area contributed by atoms with E-state index in [0.717, 1.165) is 16.7 Å². The number of morpholine rings is 1. The molecule has 8 rings (SSSR count). The van der Waals surface area contributed by atoms with Crippen LogP contribution in [0.4, 0.5) is 0 Å². The van der Waals surface area contributed by atoms with Crippen LogP contribution in [0.3, 0.4) is 0 Å². The Balaban J connectivity index is 0.980. The van der Waals surface area contributed by atoms with Gasteiger partial charge in [-0.1, -0.05) is 18.6 Å². The quantitative estimate of drug-likeness (QED) is 0.0302. The van der Waals surface area contributed by atoms with Crippen molar-refractivity contribution in [2.45, 2.75) is 125 Å². The average molecular weight is 1010 g/mol. The minimum atomic E-state index is -2.20. The highest BCUT2D eigenvalue weighted by molar-refractivity contribution is 8.00. The number of hydrazone groups is 1. The second kappa shape index (κ2) is 21.3. The van der Waals surface area contributed by atoms with Crippen LogP contribution >= 0.6 is 11.8 Å². The Labute approximate surface area is 411 Å². The molecule has 24 heteroatoms. The minimum Gasteiger partial charge on any atom is -0.507 e.